The Labute approximate surface area is 158 Å². The summed E-state index contributed by atoms with van der Waals surface area (Å²) in [7, 11) is 0. The summed E-state index contributed by atoms with van der Waals surface area (Å²) in [5.41, 5.74) is 4.71. The number of phenolic OH excluding ortho intramolecular Hbond substituents is 1. The van der Waals surface area contributed by atoms with Crippen molar-refractivity contribution in [3.8, 4) is 16.9 Å². The van der Waals surface area contributed by atoms with Crippen LogP contribution in [0.5, 0.6) is 5.75 Å². The molecule has 2 N–H and O–H groups in total. The van der Waals surface area contributed by atoms with Crippen molar-refractivity contribution in [2.45, 2.75) is 28.2 Å². The largest absolute Gasteiger partial charge is 0.507 e. The van der Waals surface area contributed by atoms with E-state index in [0.717, 1.165) is 27.8 Å². The van der Waals surface area contributed by atoms with Crippen LogP contribution in [0, 0.1) is 26.6 Å². The molecule has 3 aromatic rings. The number of aromatic hydroxyl groups is 1. The summed E-state index contributed by atoms with van der Waals surface area (Å²) in [6, 6.07) is 9.67. The molecule has 4 nitrogen and oxygen atoms in total. The molecule has 0 aliphatic heterocycles. The van der Waals surface area contributed by atoms with Gasteiger partial charge in [0.2, 0.25) is 0 Å². The maximum atomic E-state index is 13.4. The van der Waals surface area contributed by atoms with Crippen LogP contribution >= 0.6 is 0 Å². The van der Waals surface area contributed by atoms with Crippen molar-refractivity contribution in [2.75, 3.05) is 5.32 Å². The fourth-order valence-corrected chi connectivity index (χ4v) is 2.77. The van der Waals surface area contributed by atoms with Gasteiger partial charge in [0, 0.05) is 23.6 Å². The van der Waals surface area contributed by atoms with E-state index in [1.54, 1.807) is 25.3 Å². The van der Waals surface area contributed by atoms with E-state index in [2.05, 4.69) is 10.3 Å². The number of pyridine rings is 1. The van der Waals surface area contributed by atoms with Gasteiger partial charge >= 0.3 is 0 Å². The molecule has 0 spiro atoms. The van der Waals surface area contributed by atoms with Gasteiger partial charge in [-0.25, -0.2) is 4.39 Å². The van der Waals surface area contributed by atoms with Crippen LogP contribution in [-0.4, -0.2) is 16.0 Å². The van der Waals surface area contributed by atoms with E-state index < -0.39 is 5.82 Å². The van der Waals surface area contributed by atoms with Crippen LogP contribution in [0.3, 0.4) is 0 Å². The number of carbonyl (C=O) groups excluding carboxylic acids is 1. The summed E-state index contributed by atoms with van der Waals surface area (Å²) in [4.78, 5) is 16.7. The number of carbonyl (C=O) groups is 1. The van der Waals surface area contributed by atoms with Crippen LogP contribution in [0.25, 0.3) is 11.1 Å². The van der Waals surface area contributed by atoms with Gasteiger partial charge in [-0.2, -0.15) is 0 Å². The van der Waals surface area contributed by atoms with E-state index in [1.165, 1.54) is 18.3 Å². The molecule has 5 heteroatoms. The lowest BCUT2D eigenvalue weighted by Crippen LogP contribution is -2.13. The van der Waals surface area contributed by atoms with Gasteiger partial charge in [-0.1, -0.05) is 13.5 Å². The molecule has 2 aromatic carbocycles. The number of nitrogens with one attached hydrogen (secondary N) is 1. The first-order valence-electron chi connectivity index (χ1n) is 8.18. The minimum Gasteiger partial charge on any atom is -0.507 e. The summed E-state index contributed by atoms with van der Waals surface area (Å²) >= 11 is 0. The SMILES string of the molecule is C.Cc1ccc(F)cc1NC(=O)c1cncc(-c2cc(C)c(O)c(C)c2)c1. The molecule has 3 rings (SSSR count). The quantitative estimate of drug-likeness (QED) is 0.652. The van der Waals surface area contributed by atoms with Crippen molar-refractivity contribution in [1.29, 1.82) is 0 Å². The van der Waals surface area contributed by atoms with E-state index in [4.69, 9.17) is 0 Å². The van der Waals surface area contributed by atoms with Crippen molar-refractivity contribution in [2.24, 2.45) is 0 Å². The maximum absolute atomic E-state index is 13.4. The number of rotatable bonds is 3. The third-order valence-corrected chi connectivity index (χ3v) is 4.27. The summed E-state index contributed by atoms with van der Waals surface area (Å²) in [6.45, 7) is 5.44. The molecule has 1 amide bonds. The smallest absolute Gasteiger partial charge is 0.257 e. The Hall–Kier alpha value is -3.21. The van der Waals surface area contributed by atoms with Gasteiger partial charge in [0.25, 0.3) is 5.91 Å². The minimum atomic E-state index is -0.409. The zero-order valence-corrected chi connectivity index (χ0v) is 14.8. The number of phenols is 1. The lowest BCUT2D eigenvalue weighted by molar-refractivity contribution is 0.102. The third kappa shape index (κ3) is 4.31. The highest BCUT2D eigenvalue weighted by Crippen LogP contribution is 2.29. The molecule has 140 valence electrons. The Balaban J connectivity index is 0.00000261. The van der Waals surface area contributed by atoms with Crippen LogP contribution in [0.15, 0.2) is 48.8 Å². The molecule has 0 atom stereocenters. The van der Waals surface area contributed by atoms with Gasteiger partial charge in [-0.3, -0.25) is 9.78 Å². The Kier molecular flexibility index (Phi) is 5.95. The lowest BCUT2D eigenvalue weighted by Gasteiger charge is -2.11. The van der Waals surface area contributed by atoms with E-state index in [0.29, 0.717) is 11.3 Å². The van der Waals surface area contributed by atoms with Crippen LogP contribution < -0.4 is 5.32 Å². The van der Waals surface area contributed by atoms with Crippen molar-refractivity contribution in [1.82, 2.24) is 4.98 Å². The van der Waals surface area contributed by atoms with Crippen LogP contribution in [0.4, 0.5) is 10.1 Å². The number of nitrogens with zero attached hydrogens (tertiary/aromatic N) is 1. The highest BCUT2D eigenvalue weighted by molar-refractivity contribution is 6.05. The predicted molar refractivity (Wildman–Crippen MR) is 107 cm³/mol. The van der Waals surface area contributed by atoms with Gasteiger partial charge < -0.3 is 10.4 Å². The van der Waals surface area contributed by atoms with Crippen LogP contribution in [0.2, 0.25) is 0 Å². The maximum Gasteiger partial charge on any atom is 0.257 e. The van der Waals surface area contributed by atoms with Gasteiger partial charge in [-0.15, -0.1) is 0 Å². The number of amides is 1. The van der Waals surface area contributed by atoms with Gasteiger partial charge in [0.1, 0.15) is 11.6 Å². The predicted octanol–water partition coefficient (Wildman–Crippen LogP) is 5.41. The van der Waals surface area contributed by atoms with E-state index in [1.807, 2.05) is 26.0 Å². The average molecular weight is 366 g/mol. The second-order valence-corrected chi connectivity index (χ2v) is 6.33. The van der Waals surface area contributed by atoms with E-state index >= 15 is 0 Å². The fourth-order valence-electron chi connectivity index (χ4n) is 2.77. The van der Waals surface area contributed by atoms with Gasteiger partial charge in [0.15, 0.2) is 0 Å². The number of hydrogen-bond acceptors (Lipinski definition) is 3. The molecule has 27 heavy (non-hydrogen) atoms. The van der Waals surface area contributed by atoms with Gasteiger partial charge in [-0.05, 0) is 73.4 Å². The Morgan fingerprint density at radius 2 is 1.63 bits per heavy atom. The molecule has 1 aromatic heterocycles. The third-order valence-electron chi connectivity index (χ3n) is 4.27. The summed E-state index contributed by atoms with van der Waals surface area (Å²) in [5, 5.41) is 12.6. The first-order chi connectivity index (χ1) is 12.3. The number of aromatic nitrogens is 1. The molecular formula is C22H23FN2O2. The fraction of sp³-hybridized carbons (Fsp3) is 0.182. The van der Waals surface area contributed by atoms with Crippen molar-refractivity contribution < 1.29 is 14.3 Å². The molecule has 0 aliphatic rings. The van der Waals surface area contributed by atoms with E-state index in [9.17, 15) is 14.3 Å². The molecular weight excluding hydrogens is 343 g/mol. The second-order valence-electron chi connectivity index (χ2n) is 6.33. The van der Waals surface area contributed by atoms with Crippen molar-refractivity contribution in [3.63, 3.8) is 0 Å². The van der Waals surface area contributed by atoms with E-state index in [-0.39, 0.29) is 19.1 Å². The molecule has 0 radical (unpaired) electrons. The molecule has 0 fully saturated rings. The first-order valence-corrected chi connectivity index (χ1v) is 8.18. The number of anilines is 1. The first kappa shape index (κ1) is 20.1. The molecule has 0 saturated heterocycles. The summed E-state index contributed by atoms with van der Waals surface area (Å²) in [5.74, 6) is -0.509. The van der Waals surface area contributed by atoms with Crippen LogP contribution in [-0.2, 0) is 0 Å². The summed E-state index contributed by atoms with van der Waals surface area (Å²) in [6.07, 6.45) is 3.13. The number of aryl methyl sites for hydroxylation is 3. The van der Waals surface area contributed by atoms with Crippen molar-refractivity contribution in [3.05, 3.63) is 76.9 Å². The monoisotopic (exact) mass is 366 g/mol. The molecule has 0 bridgehead atoms. The highest BCUT2D eigenvalue weighted by Gasteiger charge is 2.12. The van der Waals surface area contributed by atoms with Crippen LogP contribution in [0.1, 0.15) is 34.5 Å². The lowest BCUT2D eigenvalue weighted by atomic mass is 10.00. The van der Waals surface area contributed by atoms with Crippen molar-refractivity contribution >= 4 is 11.6 Å². The number of hydrogen-bond donors (Lipinski definition) is 2. The Bertz CT molecular complexity index is 976. The zero-order chi connectivity index (χ0) is 18.8. The second kappa shape index (κ2) is 7.99. The number of halogens is 1. The summed E-state index contributed by atoms with van der Waals surface area (Å²) < 4.78 is 13.4. The Morgan fingerprint density at radius 1 is 0.963 bits per heavy atom. The number of benzene rings is 2. The standard InChI is InChI=1S/C21H19FN2O2.CH4/c1-12-4-5-18(22)9-19(12)24-21(26)17-8-16(10-23-11-17)15-6-13(2)20(25)14(3)7-15;/h4-11,25H,1-3H3,(H,24,26);1H4. The zero-order valence-electron chi connectivity index (χ0n) is 14.8. The van der Waals surface area contributed by atoms with Gasteiger partial charge in [0.05, 0.1) is 5.56 Å². The molecule has 0 saturated carbocycles. The Morgan fingerprint density at radius 3 is 2.30 bits per heavy atom. The topological polar surface area (TPSA) is 62.2 Å². The highest BCUT2D eigenvalue weighted by atomic mass is 19.1. The average Bonchev–Trinajstić information content (AvgIpc) is 2.62. The normalized spacial score (nSPS) is 10.2. The molecule has 0 unspecified atom stereocenters. The molecule has 1 heterocycles. The minimum absolute atomic E-state index is 0. The molecule has 0 aliphatic carbocycles.